The van der Waals surface area contributed by atoms with Gasteiger partial charge in [0, 0.05) is 13.1 Å². The number of hydrogen-bond donors (Lipinski definition) is 1. The summed E-state index contributed by atoms with van der Waals surface area (Å²) in [5.74, 6) is 3.54. The zero-order valence-corrected chi connectivity index (χ0v) is 9.56. The van der Waals surface area contributed by atoms with Gasteiger partial charge in [-0.3, -0.25) is 4.90 Å². The normalized spacial score (nSPS) is 29.8. The van der Waals surface area contributed by atoms with Crippen LogP contribution >= 0.6 is 0 Å². The Morgan fingerprint density at radius 2 is 1.88 bits per heavy atom. The summed E-state index contributed by atoms with van der Waals surface area (Å²) in [7, 11) is 0. The van der Waals surface area contributed by atoms with Gasteiger partial charge in [-0.2, -0.15) is 0 Å². The third-order valence-corrected chi connectivity index (χ3v) is 4.05. The molecule has 3 rings (SSSR count). The van der Waals surface area contributed by atoms with Gasteiger partial charge in [0.15, 0.2) is 0 Å². The molecule has 88 valence electrons. The highest BCUT2D eigenvalue weighted by Crippen LogP contribution is 2.38. The minimum Gasteiger partial charge on any atom is -0.462 e. The lowest BCUT2D eigenvalue weighted by molar-refractivity contribution is 0.229. The molecule has 2 fully saturated rings. The summed E-state index contributed by atoms with van der Waals surface area (Å²) in [6.45, 7) is 3.39. The second-order valence-corrected chi connectivity index (χ2v) is 5.17. The number of aliphatic hydroxyl groups excluding tert-OH is 1. The van der Waals surface area contributed by atoms with Crippen LogP contribution in [0.25, 0.3) is 0 Å². The standard InChI is InChI=1S/C13H19NO2/c15-9-13-5-4-12(16-13)8-14-6-10-2-1-3-11(10)7-14/h4-5,10-11,15H,1-3,6-9H2. The smallest absolute Gasteiger partial charge is 0.129 e. The second kappa shape index (κ2) is 4.22. The van der Waals surface area contributed by atoms with Gasteiger partial charge in [-0.05, 0) is 36.8 Å². The zero-order valence-electron chi connectivity index (χ0n) is 9.56. The molecule has 0 spiro atoms. The maximum absolute atomic E-state index is 8.94. The Balaban J connectivity index is 1.59. The van der Waals surface area contributed by atoms with E-state index >= 15 is 0 Å². The fourth-order valence-corrected chi connectivity index (χ4v) is 3.27. The maximum atomic E-state index is 8.94. The molecule has 1 saturated carbocycles. The SMILES string of the molecule is OCc1ccc(CN2CC3CCCC3C2)o1. The van der Waals surface area contributed by atoms with E-state index in [1.165, 1.54) is 32.4 Å². The van der Waals surface area contributed by atoms with Crippen molar-refractivity contribution in [1.82, 2.24) is 4.90 Å². The predicted molar refractivity (Wildman–Crippen MR) is 60.7 cm³/mol. The highest BCUT2D eigenvalue weighted by molar-refractivity contribution is 5.06. The van der Waals surface area contributed by atoms with Crippen molar-refractivity contribution < 1.29 is 9.52 Å². The molecule has 2 atom stereocenters. The number of aliphatic hydroxyl groups is 1. The Morgan fingerprint density at radius 3 is 2.50 bits per heavy atom. The van der Waals surface area contributed by atoms with Crippen LogP contribution in [-0.2, 0) is 13.2 Å². The molecule has 1 aromatic rings. The van der Waals surface area contributed by atoms with Crippen LogP contribution in [0.2, 0.25) is 0 Å². The van der Waals surface area contributed by atoms with E-state index in [-0.39, 0.29) is 6.61 Å². The first kappa shape index (κ1) is 10.4. The first-order chi connectivity index (χ1) is 7.85. The number of furan rings is 1. The van der Waals surface area contributed by atoms with Crippen LogP contribution in [0.1, 0.15) is 30.8 Å². The van der Waals surface area contributed by atoms with Crippen molar-refractivity contribution in [2.24, 2.45) is 11.8 Å². The van der Waals surface area contributed by atoms with Gasteiger partial charge in [0.25, 0.3) is 0 Å². The largest absolute Gasteiger partial charge is 0.462 e. The molecule has 1 saturated heterocycles. The van der Waals surface area contributed by atoms with E-state index in [2.05, 4.69) is 4.90 Å². The van der Waals surface area contributed by atoms with Crippen molar-refractivity contribution in [3.63, 3.8) is 0 Å². The lowest BCUT2D eigenvalue weighted by atomic mass is 10.0. The fourth-order valence-electron chi connectivity index (χ4n) is 3.27. The number of likely N-dealkylation sites (tertiary alicyclic amines) is 1. The first-order valence-corrected chi connectivity index (χ1v) is 6.26. The predicted octanol–water partition coefficient (Wildman–Crippen LogP) is 2.00. The van der Waals surface area contributed by atoms with Gasteiger partial charge in [0.2, 0.25) is 0 Å². The zero-order chi connectivity index (χ0) is 11.0. The van der Waals surface area contributed by atoms with E-state index in [1.807, 2.05) is 12.1 Å². The second-order valence-electron chi connectivity index (χ2n) is 5.17. The van der Waals surface area contributed by atoms with Crippen molar-refractivity contribution in [1.29, 1.82) is 0 Å². The molecule has 1 N–H and O–H groups in total. The Bertz CT molecular complexity index is 349. The Kier molecular flexibility index (Phi) is 2.74. The summed E-state index contributed by atoms with van der Waals surface area (Å²) in [5.41, 5.74) is 0. The Morgan fingerprint density at radius 1 is 1.19 bits per heavy atom. The summed E-state index contributed by atoms with van der Waals surface area (Å²) >= 11 is 0. The van der Waals surface area contributed by atoms with Crippen LogP contribution in [0.15, 0.2) is 16.5 Å². The highest BCUT2D eigenvalue weighted by Gasteiger charge is 2.35. The third-order valence-electron chi connectivity index (χ3n) is 4.05. The van der Waals surface area contributed by atoms with Crippen LogP contribution in [0, 0.1) is 11.8 Å². The van der Waals surface area contributed by atoms with Gasteiger partial charge in [-0.15, -0.1) is 0 Å². The molecule has 3 heteroatoms. The summed E-state index contributed by atoms with van der Waals surface area (Å²) in [6, 6.07) is 3.85. The monoisotopic (exact) mass is 221 g/mol. The lowest BCUT2D eigenvalue weighted by Crippen LogP contribution is -2.20. The molecule has 0 radical (unpaired) electrons. The van der Waals surface area contributed by atoms with Crippen molar-refractivity contribution in [3.8, 4) is 0 Å². The molecule has 2 aliphatic rings. The maximum Gasteiger partial charge on any atom is 0.129 e. The van der Waals surface area contributed by atoms with Gasteiger partial charge >= 0.3 is 0 Å². The van der Waals surface area contributed by atoms with Crippen molar-refractivity contribution in [2.45, 2.75) is 32.4 Å². The van der Waals surface area contributed by atoms with Crippen LogP contribution < -0.4 is 0 Å². The molecule has 1 aliphatic carbocycles. The molecule has 0 amide bonds. The summed E-state index contributed by atoms with van der Waals surface area (Å²) in [5, 5.41) is 8.94. The van der Waals surface area contributed by atoms with Gasteiger partial charge in [-0.25, -0.2) is 0 Å². The average Bonchev–Trinajstić information content (AvgIpc) is 2.92. The molecular weight excluding hydrogens is 202 g/mol. The molecule has 2 unspecified atom stereocenters. The lowest BCUT2D eigenvalue weighted by Gasteiger charge is -2.14. The molecule has 1 aliphatic heterocycles. The first-order valence-electron chi connectivity index (χ1n) is 6.26. The minimum atomic E-state index is 0.00521. The summed E-state index contributed by atoms with van der Waals surface area (Å²) in [4.78, 5) is 2.49. The topological polar surface area (TPSA) is 36.6 Å². The summed E-state index contributed by atoms with van der Waals surface area (Å²) < 4.78 is 5.53. The quantitative estimate of drug-likeness (QED) is 0.848. The van der Waals surface area contributed by atoms with E-state index in [4.69, 9.17) is 9.52 Å². The van der Waals surface area contributed by atoms with E-state index in [0.29, 0.717) is 5.76 Å². The molecule has 1 aromatic heterocycles. The van der Waals surface area contributed by atoms with Gasteiger partial charge in [0.05, 0.1) is 6.54 Å². The molecule has 0 aromatic carbocycles. The molecule has 0 bridgehead atoms. The highest BCUT2D eigenvalue weighted by atomic mass is 16.4. The number of nitrogens with zero attached hydrogens (tertiary/aromatic N) is 1. The van der Waals surface area contributed by atoms with Crippen LogP contribution in [-0.4, -0.2) is 23.1 Å². The van der Waals surface area contributed by atoms with E-state index in [9.17, 15) is 0 Å². The fraction of sp³-hybridized carbons (Fsp3) is 0.692. The molecule has 16 heavy (non-hydrogen) atoms. The van der Waals surface area contributed by atoms with Crippen molar-refractivity contribution in [3.05, 3.63) is 23.7 Å². The molecular formula is C13H19NO2. The molecule has 2 heterocycles. The number of rotatable bonds is 3. The number of hydrogen-bond acceptors (Lipinski definition) is 3. The van der Waals surface area contributed by atoms with Crippen molar-refractivity contribution >= 4 is 0 Å². The molecule has 3 nitrogen and oxygen atoms in total. The number of fused-ring (bicyclic) bond motifs is 1. The average molecular weight is 221 g/mol. The Hall–Kier alpha value is -0.800. The van der Waals surface area contributed by atoms with Crippen LogP contribution in [0.4, 0.5) is 0 Å². The van der Waals surface area contributed by atoms with Gasteiger partial charge in [-0.1, -0.05) is 6.42 Å². The Labute approximate surface area is 96.1 Å². The minimum absolute atomic E-state index is 0.00521. The van der Waals surface area contributed by atoms with Gasteiger partial charge < -0.3 is 9.52 Å². The van der Waals surface area contributed by atoms with Gasteiger partial charge in [0.1, 0.15) is 18.1 Å². The third kappa shape index (κ3) is 1.89. The van der Waals surface area contributed by atoms with Crippen molar-refractivity contribution in [2.75, 3.05) is 13.1 Å². The van der Waals surface area contributed by atoms with Crippen LogP contribution in [0.3, 0.4) is 0 Å². The van der Waals surface area contributed by atoms with E-state index in [1.54, 1.807) is 0 Å². The van der Waals surface area contributed by atoms with Crippen LogP contribution in [0.5, 0.6) is 0 Å². The summed E-state index contributed by atoms with van der Waals surface area (Å²) in [6.07, 6.45) is 4.26. The van der Waals surface area contributed by atoms with E-state index in [0.717, 1.165) is 24.1 Å². The van der Waals surface area contributed by atoms with E-state index < -0.39 is 0 Å².